The molecule has 6 nitrogen and oxygen atoms in total. The molecule has 1 aromatic rings. The number of rotatable bonds is 6. The van der Waals surface area contributed by atoms with Crippen molar-refractivity contribution in [1.29, 1.82) is 0 Å². The Kier molecular flexibility index (Phi) is 4.65. The fourth-order valence-electron chi connectivity index (χ4n) is 3.36. The Morgan fingerprint density at radius 1 is 1.17 bits per heavy atom. The number of nitrogens with zero attached hydrogens (tertiary/aromatic N) is 2. The lowest BCUT2D eigenvalue weighted by atomic mass is 10.0. The predicted octanol–water partition coefficient (Wildman–Crippen LogP) is 2.15. The van der Waals surface area contributed by atoms with Gasteiger partial charge in [-0.15, -0.1) is 0 Å². The second-order valence-corrected chi connectivity index (χ2v) is 7.34. The van der Waals surface area contributed by atoms with Crippen LogP contribution in [0.4, 0.5) is 4.79 Å². The predicted molar refractivity (Wildman–Crippen MR) is 89.7 cm³/mol. The first-order chi connectivity index (χ1) is 11.8. The van der Waals surface area contributed by atoms with Gasteiger partial charge in [-0.3, -0.25) is 0 Å². The minimum absolute atomic E-state index is 0.0769. The van der Waals surface area contributed by atoms with Gasteiger partial charge in [-0.1, -0.05) is 0 Å². The molecule has 2 aliphatic carbocycles. The maximum atomic E-state index is 12.1. The highest BCUT2D eigenvalue weighted by Gasteiger charge is 2.36. The highest BCUT2D eigenvalue weighted by Crippen LogP contribution is 2.38. The first-order valence-corrected chi connectivity index (χ1v) is 9.24. The van der Waals surface area contributed by atoms with Crippen LogP contribution in [0.1, 0.15) is 55.8 Å². The Balaban J connectivity index is 1.16. The molecular weight excluding hydrogens is 304 g/mol. The topological polar surface area (TPSA) is 76.1 Å². The number of amides is 2. The van der Waals surface area contributed by atoms with E-state index in [1.54, 1.807) is 0 Å². The molecule has 0 spiro atoms. The summed E-state index contributed by atoms with van der Waals surface area (Å²) in [6, 6.07) is 0.164. The van der Waals surface area contributed by atoms with Crippen molar-refractivity contribution in [3.05, 3.63) is 23.8 Å². The van der Waals surface area contributed by atoms with E-state index in [-0.39, 0.29) is 12.1 Å². The second kappa shape index (κ2) is 7.05. The van der Waals surface area contributed by atoms with Gasteiger partial charge in [0.1, 0.15) is 5.82 Å². The first kappa shape index (κ1) is 15.8. The summed E-state index contributed by atoms with van der Waals surface area (Å²) in [5, 5.41) is 6.03. The number of carbonyl (C=O) groups excluding carboxylic acids is 1. The van der Waals surface area contributed by atoms with Crippen LogP contribution >= 0.6 is 0 Å². The van der Waals surface area contributed by atoms with E-state index in [0.29, 0.717) is 18.6 Å². The molecule has 0 unspecified atom stereocenters. The molecule has 2 N–H and O–H groups in total. The quantitative estimate of drug-likeness (QED) is 0.838. The van der Waals surface area contributed by atoms with Gasteiger partial charge < -0.3 is 15.4 Å². The van der Waals surface area contributed by atoms with Crippen molar-refractivity contribution in [1.82, 2.24) is 20.6 Å². The van der Waals surface area contributed by atoms with E-state index < -0.39 is 0 Å². The third-order valence-electron chi connectivity index (χ3n) is 5.17. The number of ether oxygens (including phenoxy) is 1. The zero-order chi connectivity index (χ0) is 16.4. The van der Waals surface area contributed by atoms with Crippen molar-refractivity contribution in [3.63, 3.8) is 0 Å². The van der Waals surface area contributed by atoms with E-state index in [1.807, 2.05) is 12.4 Å². The summed E-state index contributed by atoms with van der Waals surface area (Å²) < 4.78 is 5.80. The van der Waals surface area contributed by atoms with Crippen molar-refractivity contribution in [2.45, 2.75) is 63.0 Å². The molecule has 2 heterocycles. The molecule has 1 aromatic heterocycles. The van der Waals surface area contributed by atoms with E-state index in [0.717, 1.165) is 43.2 Å². The summed E-state index contributed by atoms with van der Waals surface area (Å²) in [4.78, 5) is 20.9. The molecule has 24 heavy (non-hydrogen) atoms. The van der Waals surface area contributed by atoms with Crippen LogP contribution in [-0.4, -0.2) is 41.3 Å². The molecule has 2 atom stereocenters. The maximum absolute atomic E-state index is 12.1. The monoisotopic (exact) mass is 330 g/mol. The average molecular weight is 330 g/mol. The van der Waals surface area contributed by atoms with E-state index in [2.05, 4.69) is 20.6 Å². The molecule has 2 saturated carbocycles. The van der Waals surface area contributed by atoms with Crippen LogP contribution in [0.3, 0.4) is 0 Å². The number of aromatic nitrogens is 2. The van der Waals surface area contributed by atoms with Crippen molar-refractivity contribution in [2.24, 2.45) is 5.92 Å². The summed E-state index contributed by atoms with van der Waals surface area (Å²) >= 11 is 0. The van der Waals surface area contributed by atoms with Crippen LogP contribution in [0.5, 0.6) is 0 Å². The Morgan fingerprint density at radius 2 is 1.96 bits per heavy atom. The largest absolute Gasteiger partial charge is 0.378 e. The lowest BCUT2D eigenvalue weighted by Crippen LogP contribution is -2.47. The van der Waals surface area contributed by atoms with Gasteiger partial charge in [0.25, 0.3) is 0 Å². The molecule has 3 aliphatic rings. The summed E-state index contributed by atoms with van der Waals surface area (Å²) in [5.41, 5.74) is 1.07. The van der Waals surface area contributed by atoms with E-state index in [1.165, 1.54) is 25.7 Å². The highest BCUT2D eigenvalue weighted by molar-refractivity contribution is 5.74. The molecule has 1 aliphatic heterocycles. The summed E-state index contributed by atoms with van der Waals surface area (Å²) in [5.74, 6) is 2.28. The van der Waals surface area contributed by atoms with E-state index in [9.17, 15) is 4.79 Å². The number of urea groups is 1. The highest BCUT2D eigenvalue weighted by atomic mass is 16.5. The fraction of sp³-hybridized carbons (Fsp3) is 0.722. The molecule has 0 aromatic carbocycles. The van der Waals surface area contributed by atoms with E-state index in [4.69, 9.17) is 4.74 Å². The normalized spacial score (nSPS) is 26.8. The van der Waals surface area contributed by atoms with Crippen molar-refractivity contribution in [2.75, 3.05) is 13.2 Å². The van der Waals surface area contributed by atoms with Crippen LogP contribution in [0.25, 0.3) is 0 Å². The summed E-state index contributed by atoms with van der Waals surface area (Å²) in [7, 11) is 0. The van der Waals surface area contributed by atoms with Crippen LogP contribution in [0, 0.1) is 5.92 Å². The van der Waals surface area contributed by atoms with Crippen LogP contribution in [-0.2, 0) is 11.2 Å². The third kappa shape index (κ3) is 4.23. The van der Waals surface area contributed by atoms with Crippen molar-refractivity contribution >= 4 is 6.03 Å². The molecule has 130 valence electrons. The van der Waals surface area contributed by atoms with Gasteiger partial charge in [0, 0.05) is 37.5 Å². The van der Waals surface area contributed by atoms with Gasteiger partial charge in [0.05, 0.1) is 6.10 Å². The summed E-state index contributed by atoms with van der Waals surface area (Å²) in [6.45, 7) is 1.37. The van der Waals surface area contributed by atoms with E-state index >= 15 is 0 Å². The number of hydrogen-bond donors (Lipinski definition) is 2. The molecule has 1 saturated heterocycles. The molecule has 0 radical (unpaired) electrons. The van der Waals surface area contributed by atoms with Gasteiger partial charge in [-0.25, -0.2) is 14.8 Å². The number of nitrogens with one attached hydrogen (secondary N) is 2. The fourth-order valence-corrected chi connectivity index (χ4v) is 3.36. The Labute approximate surface area is 142 Å². The van der Waals surface area contributed by atoms with Gasteiger partial charge in [-0.05, 0) is 56.4 Å². The maximum Gasteiger partial charge on any atom is 0.315 e. The van der Waals surface area contributed by atoms with Crippen LogP contribution in [0.15, 0.2) is 12.4 Å². The van der Waals surface area contributed by atoms with Crippen molar-refractivity contribution < 1.29 is 9.53 Å². The lowest BCUT2D eigenvalue weighted by Gasteiger charge is -2.30. The Hall–Kier alpha value is -1.69. The van der Waals surface area contributed by atoms with Crippen LogP contribution in [0.2, 0.25) is 0 Å². The standard InChI is InChI=1S/C18H26N4O2/c23-18(22-15-6-8-24-16(9-15)13-1-2-13)19-7-5-12-10-20-17(21-11-12)14-3-4-14/h10-11,13-16H,1-9H2,(H2,19,22,23)/t15-,16+/m1/s1. The number of hydrogen-bond acceptors (Lipinski definition) is 4. The molecule has 3 fully saturated rings. The van der Waals surface area contributed by atoms with Gasteiger partial charge in [0.15, 0.2) is 0 Å². The summed E-state index contributed by atoms with van der Waals surface area (Å²) in [6.07, 6.45) is 11.8. The minimum atomic E-state index is -0.0769. The first-order valence-electron chi connectivity index (χ1n) is 9.24. The SMILES string of the molecule is O=C(NCCc1cnc(C2CC2)nc1)N[C@@H]1CCO[C@H](C2CC2)C1. The third-order valence-corrected chi connectivity index (χ3v) is 5.17. The molecule has 2 amide bonds. The van der Waals surface area contributed by atoms with Gasteiger partial charge in [-0.2, -0.15) is 0 Å². The zero-order valence-electron chi connectivity index (χ0n) is 14.0. The Morgan fingerprint density at radius 3 is 2.67 bits per heavy atom. The average Bonchev–Trinajstić information content (AvgIpc) is 3.49. The minimum Gasteiger partial charge on any atom is -0.378 e. The van der Waals surface area contributed by atoms with Crippen LogP contribution < -0.4 is 10.6 Å². The lowest BCUT2D eigenvalue weighted by molar-refractivity contribution is -0.00913. The number of carbonyl (C=O) groups is 1. The molecule has 6 heteroatoms. The smallest absolute Gasteiger partial charge is 0.315 e. The van der Waals surface area contributed by atoms with Gasteiger partial charge in [0.2, 0.25) is 0 Å². The van der Waals surface area contributed by atoms with Gasteiger partial charge >= 0.3 is 6.03 Å². The molecular formula is C18H26N4O2. The molecule has 4 rings (SSSR count). The second-order valence-electron chi connectivity index (χ2n) is 7.34. The molecule has 0 bridgehead atoms. The zero-order valence-corrected chi connectivity index (χ0v) is 14.0. The Bertz CT molecular complexity index is 569. The van der Waals surface area contributed by atoms with Crippen molar-refractivity contribution in [3.8, 4) is 0 Å².